The molecule has 0 saturated heterocycles. The second kappa shape index (κ2) is 8.66. The number of aromatic nitrogens is 3. The van der Waals surface area contributed by atoms with Crippen LogP contribution in [0.1, 0.15) is 25.0 Å². The standard InChI is InChI=1S/C25H25N3O6/c1-15-13-18-19(14-17(15)21-26-10-12-34-21)27(11-9-16-7-5-6-8-20(16)33-4)24(32)28(22(18)29)25(2,3)23(30)31/h5-8,10,12-14H,9,11H2,1-4H3,(H,30,31). The number of ether oxygens (including phenoxy) is 1. The zero-order valence-electron chi connectivity index (χ0n) is 19.4. The molecule has 0 saturated carbocycles. The molecule has 34 heavy (non-hydrogen) atoms. The molecular formula is C25H25N3O6. The first-order valence-corrected chi connectivity index (χ1v) is 10.7. The first-order valence-electron chi connectivity index (χ1n) is 10.7. The maximum atomic E-state index is 13.6. The van der Waals surface area contributed by atoms with Gasteiger partial charge in [-0.3, -0.25) is 9.36 Å². The minimum absolute atomic E-state index is 0.194. The summed E-state index contributed by atoms with van der Waals surface area (Å²) in [5.74, 6) is -0.246. The van der Waals surface area contributed by atoms with Crippen molar-refractivity contribution in [1.29, 1.82) is 0 Å². The van der Waals surface area contributed by atoms with Gasteiger partial charge in [0, 0.05) is 12.1 Å². The molecule has 176 valence electrons. The maximum absolute atomic E-state index is 13.6. The Morgan fingerprint density at radius 1 is 1.21 bits per heavy atom. The highest BCUT2D eigenvalue weighted by atomic mass is 16.5. The molecule has 0 atom stereocenters. The van der Waals surface area contributed by atoms with Gasteiger partial charge in [-0.15, -0.1) is 0 Å². The van der Waals surface area contributed by atoms with Gasteiger partial charge in [0.05, 0.1) is 24.2 Å². The first kappa shape index (κ1) is 23.0. The van der Waals surface area contributed by atoms with Crippen molar-refractivity contribution in [2.45, 2.75) is 39.3 Å². The van der Waals surface area contributed by atoms with Crippen LogP contribution in [0.2, 0.25) is 0 Å². The highest BCUT2D eigenvalue weighted by Gasteiger charge is 2.34. The van der Waals surface area contributed by atoms with Gasteiger partial charge in [0.2, 0.25) is 5.89 Å². The van der Waals surface area contributed by atoms with E-state index in [-0.39, 0.29) is 11.9 Å². The Bertz CT molecular complexity index is 1500. The number of oxazole rings is 1. The van der Waals surface area contributed by atoms with E-state index in [0.717, 1.165) is 10.1 Å². The van der Waals surface area contributed by atoms with Gasteiger partial charge in [0.1, 0.15) is 17.6 Å². The summed E-state index contributed by atoms with van der Waals surface area (Å²) >= 11 is 0. The number of carboxylic acids is 1. The van der Waals surface area contributed by atoms with Crippen molar-refractivity contribution in [3.8, 4) is 17.2 Å². The van der Waals surface area contributed by atoms with Gasteiger partial charge in [0.15, 0.2) is 0 Å². The van der Waals surface area contributed by atoms with Crippen LogP contribution in [-0.2, 0) is 23.3 Å². The fourth-order valence-corrected chi connectivity index (χ4v) is 4.06. The third-order valence-corrected chi connectivity index (χ3v) is 6.03. The molecule has 0 bridgehead atoms. The van der Waals surface area contributed by atoms with Crippen molar-refractivity contribution in [2.75, 3.05) is 7.11 Å². The fourth-order valence-electron chi connectivity index (χ4n) is 4.06. The molecule has 0 amide bonds. The zero-order chi connectivity index (χ0) is 24.6. The minimum atomic E-state index is -1.75. The van der Waals surface area contributed by atoms with Crippen LogP contribution in [-0.4, -0.2) is 32.3 Å². The molecule has 9 nitrogen and oxygen atoms in total. The van der Waals surface area contributed by atoms with Crippen LogP contribution in [0.4, 0.5) is 0 Å². The number of aryl methyl sites for hydroxylation is 3. The Kier molecular flexibility index (Phi) is 5.87. The first-order chi connectivity index (χ1) is 16.2. The van der Waals surface area contributed by atoms with Crippen LogP contribution in [0.15, 0.2) is 62.9 Å². The summed E-state index contributed by atoms with van der Waals surface area (Å²) in [4.78, 5) is 43.2. The number of hydrogen-bond donors (Lipinski definition) is 1. The number of aliphatic carboxylic acids is 1. The van der Waals surface area contributed by atoms with Crippen molar-refractivity contribution in [1.82, 2.24) is 14.1 Å². The van der Waals surface area contributed by atoms with Crippen molar-refractivity contribution >= 4 is 16.9 Å². The molecule has 4 aromatic rings. The molecule has 9 heteroatoms. The van der Waals surface area contributed by atoms with Crippen LogP contribution < -0.4 is 16.0 Å². The lowest BCUT2D eigenvalue weighted by Gasteiger charge is -2.24. The lowest BCUT2D eigenvalue weighted by Crippen LogP contribution is -2.52. The molecule has 2 aromatic carbocycles. The Morgan fingerprint density at radius 2 is 1.94 bits per heavy atom. The summed E-state index contributed by atoms with van der Waals surface area (Å²) in [5.41, 5.74) is -0.519. The second-order valence-corrected chi connectivity index (χ2v) is 8.52. The maximum Gasteiger partial charge on any atom is 0.332 e. The quantitative estimate of drug-likeness (QED) is 0.447. The van der Waals surface area contributed by atoms with E-state index in [1.807, 2.05) is 24.3 Å². The van der Waals surface area contributed by atoms with Gasteiger partial charge in [-0.05, 0) is 56.5 Å². The van der Waals surface area contributed by atoms with E-state index < -0.39 is 22.8 Å². The molecule has 0 spiro atoms. The molecular weight excluding hydrogens is 438 g/mol. The Balaban J connectivity index is 2.00. The van der Waals surface area contributed by atoms with Crippen LogP contribution in [0, 0.1) is 6.92 Å². The van der Waals surface area contributed by atoms with Crippen molar-refractivity contribution < 1.29 is 19.1 Å². The topological polar surface area (TPSA) is 117 Å². The minimum Gasteiger partial charge on any atom is -0.496 e. The second-order valence-electron chi connectivity index (χ2n) is 8.52. The largest absolute Gasteiger partial charge is 0.496 e. The number of hydrogen-bond acceptors (Lipinski definition) is 6. The summed E-state index contributed by atoms with van der Waals surface area (Å²) in [6.45, 7) is 4.67. The van der Waals surface area contributed by atoms with E-state index in [2.05, 4.69) is 4.98 Å². The summed E-state index contributed by atoms with van der Waals surface area (Å²) in [6, 6.07) is 10.8. The average molecular weight is 463 g/mol. The lowest BCUT2D eigenvalue weighted by atomic mass is 10.0. The number of carbonyl (C=O) groups is 1. The van der Waals surface area contributed by atoms with E-state index >= 15 is 0 Å². The van der Waals surface area contributed by atoms with Crippen molar-refractivity contribution in [3.63, 3.8) is 0 Å². The van der Waals surface area contributed by atoms with E-state index in [9.17, 15) is 19.5 Å². The van der Waals surface area contributed by atoms with Crippen molar-refractivity contribution in [3.05, 3.63) is 80.8 Å². The fraction of sp³-hybridized carbons (Fsp3) is 0.280. The van der Waals surface area contributed by atoms with E-state index in [1.54, 1.807) is 26.2 Å². The molecule has 0 unspecified atom stereocenters. The lowest BCUT2D eigenvalue weighted by molar-refractivity contribution is -0.146. The predicted octanol–water partition coefficient (Wildman–Crippen LogP) is 3.20. The normalized spacial score (nSPS) is 11.6. The number of rotatable bonds is 7. The van der Waals surface area contributed by atoms with Crippen molar-refractivity contribution in [2.24, 2.45) is 0 Å². The van der Waals surface area contributed by atoms with Gasteiger partial charge in [-0.25, -0.2) is 19.1 Å². The van der Waals surface area contributed by atoms with Crippen LogP contribution in [0.3, 0.4) is 0 Å². The molecule has 1 N–H and O–H groups in total. The number of benzene rings is 2. The Hall–Kier alpha value is -4.14. The zero-order valence-corrected chi connectivity index (χ0v) is 19.4. The monoisotopic (exact) mass is 463 g/mol. The number of fused-ring (bicyclic) bond motifs is 1. The number of methoxy groups -OCH3 is 1. The third-order valence-electron chi connectivity index (χ3n) is 6.03. The Labute approximate surface area is 194 Å². The van der Waals surface area contributed by atoms with Gasteiger partial charge in [-0.2, -0.15) is 0 Å². The molecule has 4 rings (SSSR count). The average Bonchev–Trinajstić information content (AvgIpc) is 3.33. The summed E-state index contributed by atoms with van der Waals surface area (Å²) < 4.78 is 13.1. The predicted molar refractivity (Wildman–Crippen MR) is 126 cm³/mol. The molecule has 0 radical (unpaired) electrons. The SMILES string of the molecule is COc1ccccc1CCn1c(=O)n(C(C)(C)C(=O)O)c(=O)c2cc(C)c(-c3ncco3)cc21. The smallest absolute Gasteiger partial charge is 0.332 e. The molecule has 0 aliphatic rings. The number of nitrogens with zero attached hydrogens (tertiary/aromatic N) is 3. The molecule has 2 heterocycles. The number of para-hydroxylation sites is 1. The van der Waals surface area contributed by atoms with Crippen LogP contribution in [0.5, 0.6) is 5.75 Å². The summed E-state index contributed by atoms with van der Waals surface area (Å²) in [6.07, 6.45) is 3.38. The Morgan fingerprint density at radius 3 is 2.59 bits per heavy atom. The van der Waals surface area contributed by atoms with E-state index in [1.165, 1.54) is 30.9 Å². The van der Waals surface area contributed by atoms with Gasteiger partial charge in [0.25, 0.3) is 5.56 Å². The summed E-state index contributed by atoms with van der Waals surface area (Å²) in [7, 11) is 1.57. The number of carboxylic acid groups (broad SMARTS) is 1. The molecule has 2 aromatic heterocycles. The van der Waals surface area contributed by atoms with Gasteiger partial charge < -0.3 is 14.3 Å². The third kappa shape index (κ3) is 3.79. The molecule has 0 aliphatic carbocycles. The van der Waals surface area contributed by atoms with Gasteiger partial charge >= 0.3 is 11.7 Å². The highest BCUT2D eigenvalue weighted by molar-refractivity contribution is 5.85. The molecule has 0 aliphatic heterocycles. The molecule has 0 fully saturated rings. The van der Waals surface area contributed by atoms with Gasteiger partial charge in [-0.1, -0.05) is 18.2 Å². The van der Waals surface area contributed by atoms with Crippen LogP contribution in [0.25, 0.3) is 22.4 Å². The van der Waals surface area contributed by atoms with Crippen LogP contribution >= 0.6 is 0 Å². The highest BCUT2D eigenvalue weighted by Crippen LogP contribution is 2.27. The van der Waals surface area contributed by atoms with E-state index in [4.69, 9.17) is 9.15 Å². The summed E-state index contributed by atoms with van der Waals surface area (Å²) in [5, 5.41) is 10.00. The van der Waals surface area contributed by atoms with E-state index in [0.29, 0.717) is 34.7 Å².